The first-order chi connectivity index (χ1) is 9.36. The average molecular weight is 261 g/mol. The Kier molecular flexibility index (Phi) is 3.66. The van der Waals surface area contributed by atoms with Gasteiger partial charge < -0.3 is 19.4 Å². The molecule has 102 valence electrons. The standard InChI is InChI=1S/C14H19N3O2/c18-9-12-5-4-11(19-12)8-16-13-2-1-3-14(13)17-7-6-15-10-17/h4-7,10,13-14,16,18H,1-3,8-9H2. The highest BCUT2D eigenvalue weighted by Crippen LogP contribution is 2.30. The lowest BCUT2D eigenvalue weighted by atomic mass is 10.1. The fourth-order valence-corrected chi connectivity index (χ4v) is 2.84. The zero-order valence-electron chi connectivity index (χ0n) is 10.8. The molecule has 0 aromatic carbocycles. The molecule has 0 bridgehead atoms. The maximum absolute atomic E-state index is 8.97. The SMILES string of the molecule is OCc1ccc(CNC2CCCC2n2ccnc2)o1. The van der Waals surface area contributed by atoms with Gasteiger partial charge in [-0.3, -0.25) is 0 Å². The fourth-order valence-electron chi connectivity index (χ4n) is 2.84. The minimum absolute atomic E-state index is 0.0406. The molecule has 19 heavy (non-hydrogen) atoms. The molecule has 2 unspecified atom stereocenters. The second kappa shape index (κ2) is 5.59. The number of imidazole rings is 1. The molecule has 3 rings (SSSR count). The maximum atomic E-state index is 8.97. The number of aromatic nitrogens is 2. The van der Waals surface area contributed by atoms with Crippen LogP contribution in [0.3, 0.4) is 0 Å². The molecule has 1 aliphatic rings. The van der Waals surface area contributed by atoms with Crippen molar-refractivity contribution in [3.63, 3.8) is 0 Å². The molecule has 5 nitrogen and oxygen atoms in total. The van der Waals surface area contributed by atoms with Crippen molar-refractivity contribution in [1.29, 1.82) is 0 Å². The third-order valence-electron chi connectivity index (χ3n) is 3.80. The third kappa shape index (κ3) is 2.72. The normalized spacial score (nSPS) is 23.0. The van der Waals surface area contributed by atoms with E-state index in [0.717, 1.165) is 5.76 Å². The summed E-state index contributed by atoms with van der Waals surface area (Å²) < 4.78 is 7.67. The van der Waals surface area contributed by atoms with Crippen LogP contribution >= 0.6 is 0 Å². The molecule has 1 fully saturated rings. The Morgan fingerprint density at radius 2 is 2.26 bits per heavy atom. The molecular formula is C14H19N3O2. The molecule has 0 radical (unpaired) electrons. The number of rotatable bonds is 5. The number of furan rings is 1. The largest absolute Gasteiger partial charge is 0.462 e. The van der Waals surface area contributed by atoms with Crippen molar-refractivity contribution in [3.8, 4) is 0 Å². The Morgan fingerprint density at radius 1 is 1.37 bits per heavy atom. The van der Waals surface area contributed by atoms with Gasteiger partial charge in [0.1, 0.15) is 18.1 Å². The lowest BCUT2D eigenvalue weighted by Gasteiger charge is -2.21. The van der Waals surface area contributed by atoms with E-state index in [9.17, 15) is 0 Å². The zero-order chi connectivity index (χ0) is 13.1. The second-order valence-corrected chi connectivity index (χ2v) is 5.02. The minimum Gasteiger partial charge on any atom is -0.462 e. The van der Waals surface area contributed by atoms with E-state index < -0.39 is 0 Å². The van der Waals surface area contributed by atoms with E-state index in [2.05, 4.69) is 14.9 Å². The van der Waals surface area contributed by atoms with Gasteiger partial charge in [-0.1, -0.05) is 0 Å². The highest BCUT2D eigenvalue weighted by Gasteiger charge is 2.27. The molecule has 2 aromatic rings. The quantitative estimate of drug-likeness (QED) is 0.862. The topological polar surface area (TPSA) is 63.2 Å². The summed E-state index contributed by atoms with van der Waals surface area (Å²) in [5.41, 5.74) is 0. The Labute approximate surface area is 112 Å². The summed E-state index contributed by atoms with van der Waals surface area (Å²) >= 11 is 0. The molecule has 5 heteroatoms. The van der Waals surface area contributed by atoms with Gasteiger partial charge in [0.2, 0.25) is 0 Å². The van der Waals surface area contributed by atoms with Gasteiger partial charge in [0.05, 0.1) is 12.9 Å². The van der Waals surface area contributed by atoms with Crippen LogP contribution in [-0.4, -0.2) is 20.7 Å². The number of aliphatic hydroxyl groups excluding tert-OH is 1. The molecule has 2 N–H and O–H groups in total. The smallest absolute Gasteiger partial charge is 0.129 e. The summed E-state index contributed by atoms with van der Waals surface area (Å²) in [5, 5.41) is 12.5. The first-order valence-corrected chi connectivity index (χ1v) is 6.76. The third-order valence-corrected chi connectivity index (χ3v) is 3.80. The van der Waals surface area contributed by atoms with Crippen LogP contribution in [0.25, 0.3) is 0 Å². The second-order valence-electron chi connectivity index (χ2n) is 5.02. The highest BCUT2D eigenvalue weighted by atomic mass is 16.4. The van der Waals surface area contributed by atoms with Crippen molar-refractivity contribution in [2.75, 3.05) is 0 Å². The average Bonchev–Trinajstić information content (AvgIpc) is 3.16. The Hall–Kier alpha value is -1.59. The summed E-state index contributed by atoms with van der Waals surface area (Å²) in [6, 6.07) is 4.67. The van der Waals surface area contributed by atoms with Crippen molar-refractivity contribution in [2.45, 2.75) is 44.5 Å². The fraction of sp³-hybridized carbons (Fsp3) is 0.500. The number of hydrogen-bond acceptors (Lipinski definition) is 4. The molecule has 0 spiro atoms. The van der Waals surface area contributed by atoms with Crippen LogP contribution in [0, 0.1) is 0 Å². The lowest BCUT2D eigenvalue weighted by Crippen LogP contribution is -2.33. The van der Waals surface area contributed by atoms with E-state index in [-0.39, 0.29) is 6.61 Å². The predicted octanol–water partition coefficient (Wildman–Crippen LogP) is 1.85. The molecule has 2 heterocycles. The Bertz CT molecular complexity index is 507. The van der Waals surface area contributed by atoms with Gasteiger partial charge in [-0.2, -0.15) is 0 Å². The van der Waals surface area contributed by atoms with Crippen molar-refractivity contribution >= 4 is 0 Å². The maximum Gasteiger partial charge on any atom is 0.129 e. The van der Waals surface area contributed by atoms with E-state index in [4.69, 9.17) is 9.52 Å². The van der Waals surface area contributed by atoms with Crippen LogP contribution in [-0.2, 0) is 13.2 Å². The molecule has 1 aliphatic carbocycles. The van der Waals surface area contributed by atoms with Gasteiger partial charge in [-0.15, -0.1) is 0 Å². The van der Waals surface area contributed by atoms with Gasteiger partial charge in [0, 0.05) is 24.5 Å². The van der Waals surface area contributed by atoms with Gasteiger partial charge in [0.15, 0.2) is 0 Å². The molecule has 0 aliphatic heterocycles. The van der Waals surface area contributed by atoms with Crippen LogP contribution in [0.5, 0.6) is 0 Å². The van der Waals surface area contributed by atoms with E-state index in [1.165, 1.54) is 19.3 Å². The van der Waals surface area contributed by atoms with Crippen LogP contribution in [0.4, 0.5) is 0 Å². The molecule has 0 saturated heterocycles. The van der Waals surface area contributed by atoms with E-state index in [1.54, 1.807) is 0 Å². The van der Waals surface area contributed by atoms with Crippen LogP contribution in [0.2, 0.25) is 0 Å². The molecular weight excluding hydrogens is 242 g/mol. The molecule has 2 atom stereocenters. The first-order valence-electron chi connectivity index (χ1n) is 6.76. The summed E-state index contributed by atoms with van der Waals surface area (Å²) in [5.74, 6) is 1.50. The summed E-state index contributed by atoms with van der Waals surface area (Å²) in [4.78, 5) is 4.12. The summed E-state index contributed by atoms with van der Waals surface area (Å²) in [6.07, 6.45) is 9.35. The lowest BCUT2D eigenvalue weighted by molar-refractivity contribution is 0.241. The monoisotopic (exact) mass is 261 g/mol. The highest BCUT2D eigenvalue weighted by molar-refractivity contribution is 5.06. The first kappa shape index (κ1) is 12.4. The van der Waals surface area contributed by atoms with Crippen LogP contribution in [0.15, 0.2) is 35.3 Å². The van der Waals surface area contributed by atoms with Crippen molar-refractivity contribution in [1.82, 2.24) is 14.9 Å². The van der Waals surface area contributed by atoms with Crippen LogP contribution < -0.4 is 5.32 Å². The van der Waals surface area contributed by atoms with Crippen molar-refractivity contribution in [2.24, 2.45) is 0 Å². The van der Waals surface area contributed by atoms with Gasteiger partial charge in [0.25, 0.3) is 0 Å². The van der Waals surface area contributed by atoms with Crippen LogP contribution in [0.1, 0.15) is 36.8 Å². The van der Waals surface area contributed by atoms with Gasteiger partial charge in [-0.05, 0) is 31.4 Å². The van der Waals surface area contributed by atoms with Crippen molar-refractivity contribution in [3.05, 3.63) is 42.4 Å². The number of nitrogens with zero attached hydrogens (tertiary/aromatic N) is 2. The molecule has 1 saturated carbocycles. The Balaban J connectivity index is 1.60. The summed E-state index contributed by atoms with van der Waals surface area (Å²) in [7, 11) is 0. The zero-order valence-corrected chi connectivity index (χ0v) is 10.8. The van der Waals surface area contributed by atoms with E-state index in [0.29, 0.717) is 24.4 Å². The number of nitrogens with one attached hydrogen (secondary N) is 1. The minimum atomic E-state index is -0.0406. The van der Waals surface area contributed by atoms with Gasteiger partial charge >= 0.3 is 0 Å². The number of hydrogen-bond donors (Lipinski definition) is 2. The molecule has 0 amide bonds. The van der Waals surface area contributed by atoms with Crippen molar-refractivity contribution < 1.29 is 9.52 Å². The van der Waals surface area contributed by atoms with E-state index >= 15 is 0 Å². The predicted molar refractivity (Wildman–Crippen MR) is 70.4 cm³/mol. The summed E-state index contributed by atoms with van der Waals surface area (Å²) in [6.45, 7) is 0.664. The number of aliphatic hydroxyl groups is 1. The van der Waals surface area contributed by atoms with Gasteiger partial charge in [-0.25, -0.2) is 4.98 Å². The van der Waals surface area contributed by atoms with E-state index in [1.807, 2.05) is 30.9 Å². The molecule has 2 aromatic heterocycles. The Morgan fingerprint density at radius 3 is 3.00 bits per heavy atom.